The number of piperazine rings is 1. The highest BCUT2D eigenvalue weighted by molar-refractivity contribution is 7.12. The molecule has 136 valence electrons. The van der Waals surface area contributed by atoms with E-state index in [1.165, 1.54) is 17.6 Å². The molecule has 1 aromatic heterocycles. The van der Waals surface area contributed by atoms with E-state index in [2.05, 4.69) is 5.16 Å². The summed E-state index contributed by atoms with van der Waals surface area (Å²) >= 11 is 7.24. The highest BCUT2D eigenvalue weighted by Crippen LogP contribution is 2.14. The van der Waals surface area contributed by atoms with E-state index in [0.29, 0.717) is 31.2 Å². The van der Waals surface area contributed by atoms with Crippen LogP contribution in [0.3, 0.4) is 0 Å². The number of nitrogens with zero attached hydrogens (tertiary/aromatic N) is 3. The second-order valence-corrected chi connectivity index (χ2v) is 7.09. The summed E-state index contributed by atoms with van der Waals surface area (Å²) in [6.45, 7) is 1.93. The van der Waals surface area contributed by atoms with Gasteiger partial charge >= 0.3 is 0 Å². The Morgan fingerprint density at radius 2 is 1.81 bits per heavy atom. The highest BCUT2D eigenvalue weighted by Gasteiger charge is 2.25. The van der Waals surface area contributed by atoms with Crippen molar-refractivity contribution in [2.45, 2.75) is 0 Å². The van der Waals surface area contributed by atoms with Crippen LogP contribution in [0.15, 0.2) is 46.9 Å². The zero-order chi connectivity index (χ0) is 18.4. The van der Waals surface area contributed by atoms with E-state index in [4.69, 9.17) is 16.4 Å². The predicted molar refractivity (Wildman–Crippen MR) is 102 cm³/mol. The van der Waals surface area contributed by atoms with Gasteiger partial charge in [0.15, 0.2) is 6.61 Å². The van der Waals surface area contributed by atoms with Gasteiger partial charge in [0, 0.05) is 31.2 Å². The molecule has 2 amide bonds. The molecule has 0 unspecified atom stereocenters. The van der Waals surface area contributed by atoms with E-state index < -0.39 is 0 Å². The molecule has 0 atom stereocenters. The van der Waals surface area contributed by atoms with Gasteiger partial charge in [-0.2, -0.15) is 0 Å². The number of carbonyl (C=O) groups is 2. The van der Waals surface area contributed by atoms with Crippen LogP contribution < -0.4 is 0 Å². The van der Waals surface area contributed by atoms with Gasteiger partial charge in [-0.1, -0.05) is 35.0 Å². The molecule has 1 fully saturated rings. The number of thiophene rings is 1. The van der Waals surface area contributed by atoms with Gasteiger partial charge in [0.25, 0.3) is 11.8 Å². The van der Waals surface area contributed by atoms with Crippen molar-refractivity contribution in [1.29, 1.82) is 0 Å². The van der Waals surface area contributed by atoms with Crippen molar-refractivity contribution in [1.82, 2.24) is 9.80 Å². The zero-order valence-electron chi connectivity index (χ0n) is 14.0. The smallest absolute Gasteiger partial charge is 0.264 e. The van der Waals surface area contributed by atoms with Gasteiger partial charge in [-0.3, -0.25) is 9.59 Å². The minimum absolute atomic E-state index is 0.0240. The molecular weight excluding hydrogens is 374 g/mol. The Bertz CT molecular complexity index is 769. The molecule has 1 saturated heterocycles. The molecule has 1 aliphatic heterocycles. The molecule has 0 spiro atoms. The third-order valence-electron chi connectivity index (χ3n) is 3.99. The first-order chi connectivity index (χ1) is 12.6. The molecule has 6 nitrogen and oxygen atoms in total. The lowest BCUT2D eigenvalue weighted by Crippen LogP contribution is -2.51. The van der Waals surface area contributed by atoms with Crippen molar-refractivity contribution >= 4 is 41.0 Å². The van der Waals surface area contributed by atoms with Crippen LogP contribution >= 0.6 is 22.9 Å². The highest BCUT2D eigenvalue weighted by atomic mass is 35.5. The van der Waals surface area contributed by atoms with Crippen molar-refractivity contribution in [3.05, 3.63) is 57.2 Å². The molecule has 0 bridgehead atoms. The van der Waals surface area contributed by atoms with Crippen LogP contribution in [0.25, 0.3) is 0 Å². The van der Waals surface area contributed by atoms with Crippen LogP contribution in [0.4, 0.5) is 0 Å². The molecule has 8 heteroatoms. The Balaban J connectivity index is 1.41. The summed E-state index contributed by atoms with van der Waals surface area (Å²) < 4.78 is 0. The monoisotopic (exact) mass is 391 g/mol. The predicted octanol–water partition coefficient (Wildman–Crippen LogP) is 2.74. The number of oxime groups is 1. The Hall–Kier alpha value is -2.38. The van der Waals surface area contributed by atoms with Crippen LogP contribution in [-0.4, -0.2) is 60.6 Å². The second-order valence-electron chi connectivity index (χ2n) is 5.71. The van der Waals surface area contributed by atoms with E-state index in [9.17, 15) is 9.59 Å². The lowest BCUT2D eigenvalue weighted by molar-refractivity contribution is -0.137. The molecule has 26 heavy (non-hydrogen) atoms. The van der Waals surface area contributed by atoms with E-state index in [0.717, 1.165) is 10.4 Å². The van der Waals surface area contributed by atoms with Crippen LogP contribution in [0.1, 0.15) is 15.2 Å². The molecule has 0 saturated carbocycles. The summed E-state index contributed by atoms with van der Waals surface area (Å²) in [5, 5.41) is 6.34. The number of rotatable bonds is 5. The third-order valence-corrected chi connectivity index (χ3v) is 5.10. The molecular formula is C18H18ClN3O3S. The molecule has 0 radical (unpaired) electrons. The summed E-state index contributed by atoms with van der Waals surface area (Å²) in [5.41, 5.74) is 0.836. The molecule has 1 aromatic carbocycles. The number of amides is 2. The topological polar surface area (TPSA) is 62.2 Å². The summed E-state index contributed by atoms with van der Waals surface area (Å²) in [6.07, 6.45) is 1.53. The van der Waals surface area contributed by atoms with Gasteiger partial charge in [-0.05, 0) is 29.1 Å². The quantitative estimate of drug-likeness (QED) is 0.581. The lowest BCUT2D eigenvalue weighted by Gasteiger charge is -2.34. The first-order valence-electron chi connectivity index (χ1n) is 8.15. The van der Waals surface area contributed by atoms with E-state index >= 15 is 0 Å². The molecule has 0 aliphatic carbocycles. The maximum Gasteiger partial charge on any atom is 0.264 e. The van der Waals surface area contributed by atoms with Crippen molar-refractivity contribution in [3.8, 4) is 0 Å². The molecule has 2 aromatic rings. The normalized spacial score (nSPS) is 14.7. The molecule has 3 rings (SSSR count). The average molecular weight is 392 g/mol. The second kappa shape index (κ2) is 8.82. The Kier molecular flexibility index (Phi) is 6.25. The Morgan fingerprint density at radius 1 is 1.12 bits per heavy atom. The molecule has 2 heterocycles. The van der Waals surface area contributed by atoms with Gasteiger partial charge in [0.2, 0.25) is 0 Å². The fourth-order valence-electron chi connectivity index (χ4n) is 2.55. The van der Waals surface area contributed by atoms with Gasteiger partial charge in [-0.15, -0.1) is 11.3 Å². The molecule has 1 aliphatic rings. The third kappa shape index (κ3) is 4.83. The number of halogens is 1. The standard InChI is InChI=1S/C18H18ClN3O3S/c19-15-5-3-14(4-6-15)12-20-25-13-17(23)21-7-9-22(10-8-21)18(24)16-2-1-11-26-16/h1-6,11-12H,7-10,13H2/b20-12-. The van der Waals surface area contributed by atoms with Gasteiger partial charge in [0.1, 0.15) is 0 Å². The number of hydrogen-bond acceptors (Lipinski definition) is 5. The maximum absolute atomic E-state index is 12.3. The minimum atomic E-state index is -0.138. The van der Waals surface area contributed by atoms with Crippen LogP contribution in [0.2, 0.25) is 5.02 Å². The Labute approximate surface area is 160 Å². The van der Waals surface area contributed by atoms with Crippen molar-refractivity contribution < 1.29 is 14.4 Å². The van der Waals surface area contributed by atoms with Crippen molar-refractivity contribution in [2.24, 2.45) is 5.16 Å². The van der Waals surface area contributed by atoms with Crippen molar-refractivity contribution in [2.75, 3.05) is 32.8 Å². The van der Waals surface area contributed by atoms with Crippen LogP contribution in [-0.2, 0) is 9.63 Å². The van der Waals surface area contributed by atoms with E-state index in [-0.39, 0.29) is 18.4 Å². The van der Waals surface area contributed by atoms with Gasteiger partial charge in [-0.25, -0.2) is 0 Å². The number of hydrogen-bond donors (Lipinski definition) is 0. The van der Waals surface area contributed by atoms with E-state index in [1.54, 1.807) is 34.1 Å². The fourth-order valence-corrected chi connectivity index (χ4v) is 3.36. The lowest BCUT2D eigenvalue weighted by atomic mass is 10.2. The summed E-state index contributed by atoms with van der Waals surface area (Å²) in [5.74, 6) is -0.114. The number of carbonyl (C=O) groups excluding carboxylic acids is 2. The minimum Gasteiger partial charge on any atom is -0.386 e. The summed E-state index contributed by atoms with van der Waals surface area (Å²) in [4.78, 5) is 33.7. The fraction of sp³-hybridized carbons (Fsp3) is 0.278. The van der Waals surface area contributed by atoms with Gasteiger partial charge in [0.05, 0.1) is 11.1 Å². The Morgan fingerprint density at radius 3 is 2.46 bits per heavy atom. The van der Waals surface area contributed by atoms with Crippen molar-refractivity contribution in [3.63, 3.8) is 0 Å². The first kappa shape index (κ1) is 18.4. The van der Waals surface area contributed by atoms with Gasteiger partial charge < -0.3 is 14.6 Å². The van der Waals surface area contributed by atoms with Crippen LogP contribution in [0.5, 0.6) is 0 Å². The first-order valence-corrected chi connectivity index (χ1v) is 9.41. The SMILES string of the molecule is O=C(CO/N=C\c1ccc(Cl)cc1)N1CCN(C(=O)c2cccs2)CC1. The zero-order valence-corrected chi connectivity index (χ0v) is 15.6. The largest absolute Gasteiger partial charge is 0.386 e. The summed E-state index contributed by atoms with van der Waals surface area (Å²) in [7, 11) is 0. The average Bonchev–Trinajstić information content (AvgIpc) is 3.21. The molecule has 0 N–H and O–H groups in total. The summed E-state index contributed by atoms with van der Waals surface area (Å²) in [6, 6.07) is 10.8. The van der Waals surface area contributed by atoms with E-state index in [1.807, 2.05) is 17.5 Å². The maximum atomic E-state index is 12.3. The van der Waals surface area contributed by atoms with Crippen LogP contribution in [0, 0.1) is 0 Å². The number of benzene rings is 1.